The molecule has 3 heterocycles. The number of fused-ring (bicyclic) bond motifs is 1. The van der Waals surface area contributed by atoms with Crippen LogP contribution in [0.1, 0.15) is 26.5 Å². The largest absolute Gasteiger partial charge is 0.447 e. The molecule has 1 N–H and O–H groups in total. The van der Waals surface area contributed by atoms with E-state index >= 15 is 0 Å². The van der Waals surface area contributed by atoms with Crippen LogP contribution in [0.5, 0.6) is 0 Å². The predicted molar refractivity (Wildman–Crippen MR) is 68.1 cm³/mol. The molecule has 0 saturated carbocycles. The zero-order valence-corrected chi connectivity index (χ0v) is 10.6. The minimum Gasteiger partial charge on any atom is -0.447 e. The van der Waals surface area contributed by atoms with Crippen molar-refractivity contribution in [2.45, 2.75) is 26.2 Å². The van der Waals surface area contributed by atoms with Gasteiger partial charge in [0.1, 0.15) is 11.5 Å². The Morgan fingerprint density at radius 1 is 1.28 bits per heavy atom. The minimum absolute atomic E-state index is 0.108. The van der Waals surface area contributed by atoms with Gasteiger partial charge in [-0.25, -0.2) is 9.97 Å². The fourth-order valence-corrected chi connectivity index (χ4v) is 1.92. The summed E-state index contributed by atoms with van der Waals surface area (Å²) in [6.45, 7) is 6.25. The lowest BCUT2D eigenvalue weighted by atomic mass is 9.91. The van der Waals surface area contributed by atoms with Gasteiger partial charge in [-0.15, -0.1) is 0 Å². The summed E-state index contributed by atoms with van der Waals surface area (Å²) in [5, 5.41) is 0. The van der Waals surface area contributed by atoms with Gasteiger partial charge < -0.3 is 9.40 Å². The molecule has 0 aromatic carbocycles. The van der Waals surface area contributed by atoms with Gasteiger partial charge in [0.15, 0.2) is 12.2 Å². The summed E-state index contributed by atoms with van der Waals surface area (Å²) in [4.78, 5) is 16.1. The SMILES string of the molecule is CC(C)(C)c1ocnc1-c1nc2ccncc2[nH]1. The third-order valence-electron chi connectivity index (χ3n) is 2.76. The zero-order chi connectivity index (χ0) is 12.8. The van der Waals surface area contributed by atoms with E-state index in [0.717, 1.165) is 28.3 Å². The average molecular weight is 242 g/mol. The second-order valence-electron chi connectivity index (χ2n) is 5.26. The molecule has 0 aliphatic heterocycles. The Kier molecular flexibility index (Phi) is 2.23. The molecule has 3 aromatic rings. The third-order valence-corrected chi connectivity index (χ3v) is 2.76. The lowest BCUT2D eigenvalue weighted by molar-refractivity contribution is 0.409. The van der Waals surface area contributed by atoms with Gasteiger partial charge >= 0.3 is 0 Å². The molecule has 18 heavy (non-hydrogen) atoms. The van der Waals surface area contributed by atoms with Gasteiger partial charge in [-0.2, -0.15) is 0 Å². The number of oxazole rings is 1. The standard InChI is InChI=1S/C13H14N4O/c1-13(2,3)11-10(15-7-18-11)12-16-8-4-5-14-6-9(8)17-12/h4-7H,1-3H3,(H,16,17). The number of hydrogen-bond donors (Lipinski definition) is 1. The van der Waals surface area contributed by atoms with Crippen LogP contribution in [0.25, 0.3) is 22.6 Å². The minimum atomic E-state index is -0.108. The number of pyridine rings is 1. The molecule has 0 aliphatic carbocycles. The monoisotopic (exact) mass is 242 g/mol. The first kappa shape index (κ1) is 11.0. The van der Waals surface area contributed by atoms with E-state index < -0.39 is 0 Å². The van der Waals surface area contributed by atoms with Crippen LogP contribution < -0.4 is 0 Å². The maximum Gasteiger partial charge on any atom is 0.181 e. The van der Waals surface area contributed by atoms with E-state index in [-0.39, 0.29) is 5.41 Å². The Hall–Kier alpha value is -2.17. The molecule has 0 aliphatic rings. The molecular weight excluding hydrogens is 228 g/mol. The molecule has 5 heteroatoms. The molecule has 0 bridgehead atoms. The summed E-state index contributed by atoms with van der Waals surface area (Å²) in [5.74, 6) is 1.55. The van der Waals surface area contributed by atoms with Crippen LogP contribution in [-0.2, 0) is 5.41 Å². The molecule has 0 radical (unpaired) electrons. The second-order valence-corrected chi connectivity index (χ2v) is 5.26. The topological polar surface area (TPSA) is 67.6 Å². The number of hydrogen-bond acceptors (Lipinski definition) is 4. The summed E-state index contributed by atoms with van der Waals surface area (Å²) in [6, 6.07) is 1.87. The van der Waals surface area contributed by atoms with Crippen molar-refractivity contribution in [1.29, 1.82) is 0 Å². The number of nitrogens with one attached hydrogen (secondary N) is 1. The summed E-state index contributed by atoms with van der Waals surface area (Å²) >= 11 is 0. The van der Waals surface area contributed by atoms with Gasteiger partial charge in [0.2, 0.25) is 0 Å². The molecule has 3 rings (SSSR count). The number of rotatable bonds is 1. The average Bonchev–Trinajstić information content (AvgIpc) is 2.94. The molecule has 92 valence electrons. The van der Waals surface area contributed by atoms with E-state index in [1.807, 2.05) is 6.07 Å². The molecular formula is C13H14N4O. The Bertz CT molecular complexity index is 657. The first-order valence-electron chi connectivity index (χ1n) is 5.80. The van der Waals surface area contributed by atoms with Crippen LogP contribution in [0.2, 0.25) is 0 Å². The highest BCUT2D eigenvalue weighted by molar-refractivity contribution is 5.77. The normalized spacial score (nSPS) is 12.2. The van der Waals surface area contributed by atoms with E-state index in [2.05, 4.69) is 40.7 Å². The van der Waals surface area contributed by atoms with Crippen LogP contribution in [0.3, 0.4) is 0 Å². The van der Waals surface area contributed by atoms with Crippen molar-refractivity contribution in [3.63, 3.8) is 0 Å². The van der Waals surface area contributed by atoms with Crippen molar-refractivity contribution < 1.29 is 4.42 Å². The molecule has 0 saturated heterocycles. The molecule has 0 fully saturated rings. The van der Waals surface area contributed by atoms with Crippen molar-refractivity contribution in [3.05, 3.63) is 30.6 Å². The lowest BCUT2D eigenvalue weighted by Gasteiger charge is -2.15. The highest BCUT2D eigenvalue weighted by Gasteiger charge is 2.25. The van der Waals surface area contributed by atoms with Gasteiger partial charge in [0.05, 0.1) is 17.2 Å². The number of imidazole rings is 1. The maximum atomic E-state index is 5.49. The van der Waals surface area contributed by atoms with Crippen molar-refractivity contribution in [1.82, 2.24) is 19.9 Å². The Labute approximate surface area is 104 Å². The van der Waals surface area contributed by atoms with E-state index in [0.29, 0.717) is 0 Å². The fourth-order valence-electron chi connectivity index (χ4n) is 1.92. The molecule has 0 amide bonds. The quantitative estimate of drug-likeness (QED) is 0.712. The Morgan fingerprint density at radius 3 is 2.83 bits per heavy atom. The molecule has 3 aromatic heterocycles. The van der Waals surface area contributed by atoms with E-state index in [1.165, 1.54) is 6.39 Å². The molecule has 0 spiro atoms. The van der Waals surface area contributed by atoms with Crippen LogP contribution in [0.4, 0.5) is 0 Å². The van der Waals surface area contributed by atoms with Crippen molar-refractivity contribution in [2.24, 2.45) is 0 Å². The third kappa shape index (κ3) is 1.68. The summed E-state index contributed by atoms with van der Waals surface area (Å²) in [5.41, 5.74) is 2.43. The predicted octanol–water partition coefficient (Wildman–Crippen LogP) is 2.91. The van der Waals surface area contributed by atoms with Crippen LogP contribution >= 0.6 is 0 Å². The van der Waals surface area contributed by atoms with Crippen molar-refractivity contribution in [2.75, 3.05) is 0 Å². The fraction of sp³-hybridized carbons (Fsp3) is 0.308. The number of aromatic nitrogens is 4. The second kappa shape index (κ2) is 3.66. The number of nitrogens with zero attached hydrogens (tertiary/aromatic N) is 3. The van der Waals surface area contributed by atoms with Gasteiger partial charge in [0, 0.05) is 11.6 Å². The molecule has 5 nitrogen and oxygen atoms in total. The van der Waals surface area contributed by atoms with Crippen LogP contribution in [-0.4, -0.2) is 19.9 Å². The highest BCUT2D eigenvalue weighted by atomic mass is 16.3. The van der Waals surface area contributed by atoms with Gasteiger partial charge in [-0.3, -0.25) is 4.98 Å². The van der Waals surface area contributed by atoms with E-state index in [9.17, 15) is 0 Å². The summed E-state index contributed by atoms with van der Waals surface area (Å²) < 4.78 is 5.49. The van der Waals surface area contributed by atoms with Crippen LogP contribution in [0.15, 0.2) is 29.3 Å². The molecule has 0 atom stereocenters. The van der Waals surface area contributed by atoms with Crippen molar-refractivity contribution in [3.8, 4) is 11.5 Å². The van der Waals surface area contributed by atoms with E-state index in [1.54, 1.807) is 12.4 Å². The summed E-state index contributed by atoms with van der Waals surface area (Å²) in [7, 11) is 0. The zero-order valence-electron chi connectivity index (χ0n) is 10.6. The first-order valence-corrected chi connectivity index (χ1v) is 5.80. The Balaban J connectivity index is 2.18. The van der Waals surface area contributed by atoms with Crippen molar-refractivity contribution >= 4 is 11.0 Å². The number of aromatic amines is 1. The highest BCUT2D eigenvalue weighted by Crippen LogP contribution is 2.31. The maximum absolute atomic E-state index is 5.49. The Morgan fingerprint density at radius 2 is 2.11 bits per heavy atom. The number of H-pyrrole nitrogens is 1. The van der Waals surface area contributed by atoms with Gasteiger partial charge in [-0.1, -0.05) is 20.8 Å². The van der Waals surface area contributed by atoms with E-state index in [4.69, 9.17) is 4.42 Å². The summed E-state index contributed by atoms with van der Waals surface area (Å²) in [6.07, 6.45) is 4.93. The smallest absolute Gasteiger partial charge is 0.181 e. The first-order chi connectivity index (χ1) is 8.55. The lowest BCUT2D eigenvalue weighted by Crippen LogP contribution is -2.11. The molecule has 0 unspecified atom stereocenters. The van der Waals surface area contributed by atoms with Crippen LogP contribution in [0, 0.1) is 0 Å². The van der Waals surface area contributed by atoms with Gasteiger partial charge in [-0.05, 0) is 6.07 Å². The van der Waals surface area contributed by atoms with Gasteiger partial charge in [0.25, 0.3) is 0 Å².